The monoisotopic (exact) mass is 442 g/mol. The van der Waals surface area contributed by atoms with Crippen molar-refractivity contribution in [3.05, 3.63) is 29.7 Å². The smallest absolute Gasteiger partial charge is 0.407 e. The van der Waals surface area contributed by atoms with Crippen molar-refractivity contribution in [2.75, 3.05) is 5.32 Å². The molecule has 0 aromatic carbocycles. The SMILES string of the molecule is CC(CC(F)(F)F)NC(=O)O[C@@H]1CC[C@H](c2cc(NC(=O)Cc3cnn(C)c3)n[nH]2)C1. The van der Waals surface area contributed by atoms with Crippen molar-refractivity contribution >= 4 is 17.8 Å². The number of carbonyl (C=O) groups is 2. The fourth-order valence-electron chi connectivity index (χ4n) is 3.66. The Morgan fingerprint density at radius 2 is 2.16 bits per heavy atom. The average molecular weight is 442 g/mol. The first-order valence-electron chi connectivity index (χ1n) is 9.94. The number of carbonyl (C=O) groups excluding carboxylic acids is 2. The molecule has 170 valence electrons. The number of ether oxygens (including phenoxy) is 1. The van der Waals surface area contributed by atoms with Crippen LogP contribution in [0.15, 0.2) is 18.5 Å². The zero-order chi connectivity index (χ0) is 22.6. The Kier molecular flexibility index (Phi) is 6.86. The Balaban J connectivity index is 1.44. The van der Waals surface area contributed by atoms with Gasteiger partial charge < -0.3 is 15.4 Å². The summed E-state index contributed by atoms with van der Waals surface area (Å²) in [7, 11) is 1.77. The number of anilines is 1. The molecule has 0 bridgehead atoms. The summed E-state index contributed by atoms with van der Waals surface area (Å²) in [4.78, 5) is 24.0. The summed E-state index contributed by atoms with van der Waals surface area (Å²) >= 11 is 0. The van der Waals surface area contributed by atoms with Crippen LogP contribution in [0.2, 0.25) is 0 Å². The van der Waals surface area contributed by atoms with E-state index >= 15 is 0 Å². The lowest BCUT2D eigenvalue weighted by atomic mass is 10.0. The summed E-state index contributed by atoms with van der Waals surface area (Å²) in [6.07, 6.45) is -1.32. The van der Waals surface area contributed by atoms with E-state index in [1.54, 1.807) is 30.2 Å². The minimum atomic E-state index is -4.35. The van der Waals surface area contributed by atoms with Crippen molar-refractivity contribution in [2.24, 2.45) is 7.05 Å². The number of aromatic nitrogens is 4. The Hall–Kier alpha value is -3.05. The molecule has 1 unspecified atom stereocenters. The molecule has 3 atom stereocenters. The molecule has 0 spiro atoms. The zero-order valence-electron chi connectivity index (χ0n) is 17.2. The van der Waals surface area contributed by atoms with Crippen molar-refractivity contribution in [1.29, 1.82) is 0 Å². The molecule has 2 amide bonds. The van der Waals surface area contributed by atoms with Gasteiger partial charge >= 0.3 is 12.3 Å². The van der Waals surface area contributed by atoms with Crippen LogP contribution in [0.3, 0.4) is 0 Å². The average Bonchev–Trinajstić information content (AvgIpc) is 3.34. The van der Waals surface area contributed by atoms with Crippen molar-refractivity contribution in [1.82, 2.24) is 25.3 Å². The van der Waals surface area contributed by atoms with Crippen LogP contribution in [0.4, 0.5) is 23.8 Å². The van der Waals surface area contributed by atoms with Crippen LogP contribution in [-0.4, -0.2) is 50.3 Å². The summed E-state index contributed by atoms with van der Waals surface area (Å²) in [6.45, 7) is 1.28. The number of H-pyrrole nitrogens is 1. The number of hydrogen-bond acceptors (Lipinski definition) is 5. The summed E-state index contributed by atoms with van der Waals surface area (Å²) in [5.41, 5.74) is 1.59. The number of hydrogen-bond donors (Lipinski definition) is 3. The van der Waals surface area contributed by atoms with Gasteiger partial charge in [0.05, 0.1) is 19.0 Å². The van der Waals surface area contributed by atoms with Gasteiger partial charge in [-0.1, -0.05) is 0 Å². The first kappa shape index (κ1) is 22.6. The fraction of sp³-hybridized carbons (Fsp3) is 0.579. The first-order chi connectivity index (χ1) is 14.6. The molecule has 1 aliphatic rings. The number of aromatic amines is 1. The topological polar surface area (TPSA) is 114 Å². The van der Waals surface area contributed by atoms with E-state index in [1.165, 1.54) is 6.92 Å². The summed E-state index contributed by atoms with van der Waals surface area (Å²) in [5, 5.41) is 15.9. The number of nitrogens with one attached hydrogen (secondary N) is 3. The zero-order valence-corrected chi connectivity index (χ0v) is 17.2. The Labute approximate surface area is 176 Å². The van der Waals surface area contributed by atoms with Gasteiger partial charge in [0, 0.05) is 37.0 Å². The maximum Gasteiger partial charge on any atom is 0.407 e. The maximum atomic E-state index is 12.4. The highest BCUT2D eigenvalue weighted by Gasteiger charge is 2.33. The molecule has 1 fully saturated rings. The predicted molar refractivity (Wildman–Crippen MR) is 104 cm³/mol. The van der Waals surface area contributed by atoms with Crippen molar-refractivity contribution < 1.29 is 27.5 Å². The van der Waals surface area contributed by atoms with Crippen LogP contribution < -0.4 is 10.6 Å². The number of alkyl carbamates (subject to hydrolysis) is 1. The molecule has 3 rings (SSSR count). The van der Waals surface area contributed by atoms with Gasteiger partial charge in [0.15, 0.2) is 5.82 Å². The van der Waals surface area contributed by atoms with Gasteiger partial charge in [-0.15, -0.1) is 0 Å². The maximum absolute atomic E-state index is 12.4. The third-order valence-electron chi connectivity index (χ3n) is 4.99. The quantitative estimate of drug-likeness (QED) is 0.610. The highest BCUT2D eigenvalue weighted by molar-refractivity contribution is 5.91. The molecule has 2 aromatic rings. The first-order valence-corrected chi connectivity index (χ1v) is 9.94. The summed E-state index contributed by atoms with van der Waals surface area (Å²) < 4.78 is 44.0. The Bertz CT molecular complexity index is 910. The highest BCUT2D eigenvalue weighted by Crippen LogP contribution is 2.36. The van der Waals surface area contributed by atoms with Gasteiger partial charge in [0.2, 0.25) is 5.91 Å². The van der Waals surface area contributed by atoms with Crippen molar-refractivity contribution in [3.8, 4) is 0 Å². The van der Waals surface area contributed by atoms with Crippen LogP contribution >= 0.6 is 0 Å². The molecule has 31 heavy (non-hydrogen) atoms. The lowest BCUT2D eigenvalue weighted by molar-refractivity contribution is -0.138. The van der Waals surface area contributed by atoms with E-state index in [0.717, 1.165) is 17.7 Å². The number of alkyl halides is 3. The summed E-state index contributed by atoms with van der Waals surface area (Å²) in [5.74, 6) is 0.220. The molecule has 12 heteroatoms. The van der Waals surface area contributed by atoms with Crippen LogP contribution in [0.25, 0.3) is 0 Å². The van der Waals surface area contributed by atoms with E-state index in [-0.39, 0.29) is 18.2 Å². The highest BCUT2D eigenvalue weighted by atomic mass is 19.4. The standard InChI is InChI=1S/C19H25F3N6O3/c1-11(8-19(20,21)22)24-18(30)31-14-4-3-13(6-14)15-7-16(27-26-15)25-17(29)5-12-9-23-28(2)10-12/h7,9-11,13-14H,3-6,8H2,1-2H3,(H,24,30)(H2,25,26,27,29)/t11?,13-,14+/m0/s1. The normalized spacial score (nSPS) is 19.8. The molecule has 0 saturated heterocycles. The van der Waals surface area contributed by atoms with Gasteiger partial charge in [-0.25, -0.2) is 4.79 Å². The van der Waals surface area contributed by atoms with E-state index in [0.29, 0.717) is 18.7 Å². The molecule has 0 radical (unpaired) electrons. The van der Waals surface area contributed by atoms with E-state index in [9.17, 15) is 22.8 Å². The minimum absolute atomic E-state index is 0.0434. The second-order valence-corrected chi connectivity index (χ2v) is 7.86. The number of halogens is 3. The number of aryl methyl sites for hydroxylation is 1. The van der Waals surface area contributed by atoms with Crippen LogP contribution in [0.1, 0.15) is 49.8 Å². The third-order valence-corrected chi connectivity index (χ3v) is 4.99. The Morgan fingerprint density at radius 3 is 2.84 bits per heavy atom. The third kappa shape index (κ3) is 7.00. The fourth-order valence-corrected chi connectivity index (χ4v) is 3.66. The largest absolute Gasteiger partial charge is 0.446 e. The molecule has 3 N–H and O–H groups in total. The molecule has 0 aliphatic heterocycles. The van der Waals surface area contributed by atoms with E-state index in [1.807, 2.05) is 0 Å². The number of nitrogens with zero attached hydrogens (tertiary/aromatic N) is 3. The molecule has 2 aromatic heterocycles. The van der Waals surface area contributed by atoms with Gasteiger partial charge in [-0.05, 0) is 31.7 Å². The van der Waals surface area contributed by atoms with Gasteiger partial charge in [-0.3, -0.25) is 14.6 Å². The van der Waals surface area contributed by atoms with Crippen LogP contribution in [-0.2, 0) is 23.0 Å². The molecule has 2 heterocycles. The number of amides is 2. The van der Waals surface area contributed by atoms with E-state index < -0.39 is 30.8 Å². The van der Waals surface area contributed by atoms with Crippen molar-refractivity contribution in [3.63, 3.8) is 0 Å². The second kappa shape index (κ2) is 9.40. The van der Waals surface area contributed by atoms with Crippen LogP contribution in [0, 0.1) is 0 Å². The Morgan fingerprint density at radius 1 is 1.39 bits per heavy atom. The second-order valence-electron chi connectivity index (χ2n) is 7.86. The molecule has 9 nitrogen and oxygen atoms in total. The van der Waals surface area contributed by atoms with Gasteiger partial charge in [-0.2, -0.15) is 23.4 Å². The molecular weight excluding hydrogens is 417 g/mol. The van der Waals surface area contributed by atoms with Crippen molar-refractivity contribution in [2.45, 2.75) is 63.3 Å². The molecule has 1 saturated carbocycles. The van der Waals surface area contributed by atoms with E-state index in [4.69, 9.17) is 4.74 Å². The lowest BCUT2D eigenvalue weighted by Gasteiger charge is -2.18. The van der Waals surface area contributed by atoms with E-state index in [2.05, 4.69) is 25.9 Å². The van der Waals surface area contributed by atoms with Gasteiger partial charge in [0.25, 0.3) is 0 Å². The minimum Gasteiger partial charge on any atom is -0.446 e. The predicted octanol–water partition coefficient (Wildman–Crippen LogP) is 3.03. The summed E-state index contributed by atoms with van der Waals surface area (Å²) in [6, 6.07) is 0.676. The van der Waals surface area contributed by atoms with Gasteiger partial charge in [0.1, 0.15) is 6.10 Å². The lowest BCUT2D eigenvalue weighted by Crippen LogP contribution is -2.37. The molecular formula is C19H25F3N6O3. The van der Waals surface area contributed by atoms with Crippen LogP contribution in [0.5, 0.6) is 0 Å². The number of rotatable bonds is 7. The molecule has 1 aliphatic carbocycles.